The zero-order chi connectivity index (χ0) is 15.6. The fourth-order valence-corrected chi connectivity index (χ4v) is 3.71. The summed E-state index contributed by atoms with van der Waals surface area (Å²) in [5.74, 6) is 1.66. The molecule has 2 saturated heterocycles. The van der Waals surface area contributed by atoms with Gasteiger partial charge in [0.25, 0.3) is 0 Å². The SMILES string of the molecule is O=C1N(CCNCc2cccc3c2OCO3)CC2CCCCN12. The first kappa shape index (κ1) is 14.6. The summed E-state index contributed by atoms with van der Waals surface area (Å²) in [4.78, 5) is 16.4. The van der Waals surface area contributed by atoms with Gasteiger partial charge in [-0.15, -0.1) is 0 Å². The maximum Gasteiger partial charge on any atom is 0.320 e. The number of hydrogen-bond acceptors (Lipinski definition) is 4. The van der Waals surface area contributed by atoms with E-state index in [2.05, 4.69) is 10.2 Å². The highest BCUT2D eigenvalue weighted by Gasteiger charge is 2.37. The highest BCUT2D eigenvalue weighted by Crippen LogP contribution is 2.35. The molecule has 6 nitrogen and oxygen atoms in total. The standard InChI is InChI=1S/C17H23N3O3/c21-17-19(11-14-5-1-2-8-20(14)17)9-7-18-10-13-4-3-6-15-16(13)23-12-22-15/h3-4,6,14,18H,1-2,5,7-12H2. The van der Waals surface area contributed by atoms with E-state index in [4.69, 9.17) is 9.47 Å². The van der Waals surface area contributed by atoms with E-state index >= 15 is 0 Å². The minimum atomic E-state index is 0.217. The fourth-order valence-electron chi connectivity index (χ4n) is 3.71. The van der Waals surface area contributed by atoms with Crippen LogP contribution in [0.25, 0.3) is 0 Å². The molecule has 0 aliphatic carbocycles. The molecule has 23 heavy (non-hydrogen) atoms. The Balaban J connectivity index is 1.27. The van der Waals surface area contributed by atoms with Crippen LogP contribution in [0, 0.1) is 0 Å². The van der Waals surface area contributed by atoms with Gasteiger partial charge in [-0.1, -0.05) is 12.1 Å². The quantitative estimate of drug-likeness (QED) is 0.841. The number of para-hydroxylation sites is 1. The number of fused-ring (bicyclic) bond motifs is 2. The zero-order valence-corrected chi connectivity index (χ0v) is 13.3. The Hall–Kier alpha value is -1.95. The molecule has 1 aromatic carbocycles. The third-order valence-electron chi connectivity index (χ3n) is 4.93. The van der Waals surface area contributed by atoms with E-state index in [0.717, 1.165) is 62.6 Å². The molecular weight excluding hydrogens is 294 g/mol. The smallest absolute Gasteiger partial charge is 0.320 e. The lowest BCUT2D eigenvalue weighted by Gasteiger charge is -2.27. The van der Waals surface area contributed by atoms with Crippen LogP contribution in [0.1, 0.15) is 24.8 Å². The molecule has 0 radical (unpaired) electrons. The Morgan fingerprint density at radius 3 is 3.13 bits per heavy atom. The molecule has 1 unspecified atom stereocenters. The first-order valence-corrected chi connectivity index (χ1v) is 8.46. The highest BCUT2D eigenvalue weighted by atomic mass is 16.7. The lowest BCUT2D eigenvalue weighted by Crippen LogP contribution is -2.39. The summed E-state index contributed by atoms with van der Waals surface area (Å²) in [7, 11) is 0. The van der Waals surface area contributed by atoms with Crippen molar-refractivity contribution in [3.05, 3.63) is 23.8 Å². The number of nitrogens with one attached hydrogen (secondary N) is 1. The topological polar surface area (TPSA) is 54.0 Å². The number of carbonyl (C=O) groups excluding carboxylic acids is 1. The summed E-state index contributed by atoms with van der Waals surface area (Å²) < 4.78 is 10.9. The molecule has 3 aliphatic rings. The van der Waals surface area contributed by atoms with E-state index in [9.17, 15) is 4.79 Å². The van der Waals surface area contributed by atoms with Crippen LogP contribution in [0.15, 0.2) is 18.2 Å². The number of piperidine rings is 1. The molecule has 124 valence electrons. The molecule has 0 spiro atoms. The largest absolute Gasteiger partial charge is 0.454 e. The maximum absolute atomic E-state index is 12.3. The zero-order valence-electron chi connectivity index (χ0n) is 13.3. The van der Waals surface area contributed by atoms with Crippen LogP contribution in [-0.2, 0) is 6.54 Å². The molecule has 6 heteroatoms. The number of carbonyl (C=O) groups is 1. The van der Waals surface area contributed by atoms with Crippen LogP contribution in [0.4, 0.5) is 4.79 Å². The molecule has 1 aromatic rings. The van der Waals surface area contributed by atoms with Gasteiger partial charge in [0.15, 0.2) is 11.5 Å². The number of amides is 2. The lowest BCUT2D eigenvalue weighted by atomic mass is 10.0. The van der Waals surface area contributed by atoms with Crippen molar-refractivity contribution < 1.29 is 14.3 Å². The first-order chi connectivity index (χ1) is 11.3. The Morgan fingerprint density at radius 2 is 2.22 bits per heavy atom. The first-order valence-electron chi connectivity index (χ1n) is 8.46. The van der Waals surface area contributed by atoms with Crippen LogP contribution in [-0.4, -0.2) is 54.8 Å². The van der Waals surface area contributed by atoms with Gasteiger partial charge in [0, 0.05) is 38.3 Å². The third kappa shape index (κ3) is 2.83. The molecule has 0 bridgehead atoms. The van der Waals surface area contributed by atoms with Gasteiger partial charge in [0.1, 0.15) is 0 Å². The molecule has 4 rings (SSSR count). The van der Waals surface area contributed by atoms with E-state index in [1.165, 1.54) is 6.42 Å². The van der Waals surface area contributed by atoms with Crippen molar-refractivity contribution in [1.82, 2.24) is 15.1 Å². The molecule has 1 atom stereocenters. The molecular formula is C17H23N3O3. The van der Waals surface area contributed by atoms with Gasteiger partial charge >= 0.3 is 6.03 Å². The highest BCUT2D eigenvalue weighted by molar-refractivity contribution is 5.77. The van der Waals surface area contributed by atoms with Crippen LogP contribution < -0.4 is 14.8 Å². The van der Waals surface area contributed by atoms with Crippen molar-refractivity contribution in [2.45, 2.75) is 31.8 Å². The second-order valence-electron chi connectivity index (χ2n) is 6.40. The molecule has 3 heterocycles. The minimum absolute atomic E-state index is 0.217. The third-order valence-corrected chi connectivity index (χ3v) is 4.93. The number of hydrogen-bond donors (Lipinski definition) is 1. The number of urea groups is 1. The van der Waals surface area contributed by atoms with Gasteiger partial charge in [-0.3, -0.25) is 0 Å². The summed E-state index contributed by atoms with van der Waals surface area (Å²) in [6, 6.07) is 6.60. The van der Waals surface area contributed by atoms with Gasteiger partial charge in [-0.25, -0.2) is 4.79 Å². The number of benzene rings is 1. The minimum Gasteiger partial charge on any atom is -0.454 e. The number of ether oxygens (including phenoxy) is 2. The van der Waals surface area contributed by atoms with Gasteiger partial charge in [-0.05, 0) is 25.3 Å². The summed E-state index contributed by atoms with van der Waals surface area (Å²) in [5.41, 5.74) is 1.10. The summed E-state index contributed by atoms with van der Waals surface area (Å²) in [6.45, 7) is 4.39. The van der Waals surface area contributed by atoms with E-state index in [1.807, 2.05) is 23.1 Å². The van der Waals surface area contributed by atoms with Crippen molar-refractivity contribution in [2.75, 3.05) is 33.0 Å². The Bertz CT molecular complexity index is 592. The Kier molecular flexibility index (Phi) is 3.99. The molecule has 0 aromatic heterocycles. The fraction of sp³-hybridized carbons (Fsp3) is 0.588. The van der Waals surface area contributed by atoms with Gasteiger partial charge in [0.2, 0.25) is 6.79 Å². The molecule has 2 fully saturated rings. The summed E-state index contributed by atoms with van der Waals surface area (Å²) in [6.07, 6.45) is 3.56. The summed E-state index contributed by atoms with van der Waals surface area (Å²) in [5, 5.41) is 3.41. The van der Waals surface area contributed by atoms with Crippen molar-refractivity contribution in [2.24, 2.45) is 0 Å². The van der Waals surface area contributed by atoms with Gasteiger partial charge in [0.05, 0.1) is 6.04 Å². The van der Waals surface area contributed by atoms with E-state index < -0.39 is 0 Å². The second kappa shape index (κ2) is 6.28. The monoisotopic (exact) mass is 317 g/mol. The van der Waals surface area contributed by atoms with Crippen molar-refractivity contribution >= 4 is 6.03 Å². The number of nitrogens with zero attached hydrogens (tertiary/aromatic N) is 2. The molecule has 3 aliphatic heterocycles. The Labute approximate surface area is 136 Å². The van der Waals surface area contributed by atoms with Gasteiger partial charge in [-0.2, -0.15) is 0 Å². The lowest BCUT2D eigenvalue weighted by molar-refractivity contribution is 0.172. The molecule has 0 saturated carbocycles. The Morgan fingerprint density at radius 1 is 1.26 bits per heavy atom. The normalized spacial score (nSPS) is 22.6. The van der Waals surface area contributed by atoms with Crippen molar-refractivity contribution in [1.29, 1.82) is 0 Å². The molecule has 2 amide bonds. The maximum atomic E-state index is 12.3. The van der Waals surface area contributed by atoms with Crippen LogP contribution in [0.3, 0.4) is 0 Å². The van der Waals surface area contributed by atoms with Gasteiger partial charge < -0.3 is 24.6 Å². The van der Waals surface area contributed by atoms with Crippen LogP contribution in [0.2, 0.25) is 0 Å². The predicted octanol–water partition coefficient (Wildman–Crippen LogP) is 1.79. The average Bonchev–Trinajstić information content (AvgIpc) is 3.17. The number of rotatable bonds is 5. The average molecular weight is 317 g/mol. The van der Waals surface area contributed by atoms with E-state index in [0.29, 0.717) is 12.8 Å². The van der Waals surface area contributed by atoms with Crippen molar-refractivity contribution in [3.8, 4) is 11.5 Å². The van der Waals surface area contributed by atoms with E-state index in [1.54, 1.807) is 0 Å². The van der Waals surface area contributed by atoms with E-state index in [-0.39, 0.29) is 6.03 Å². The molecule has 1 N–H and O–H groups in total. The van der Waals surface area contributed by atoms with Crippen LogP contribution >= 0.6 is 0 Å². The van der Waals surface area contributed by atoms with Crippen LogP contribution in [0.5, 0.6) is 11.5 Å². The second-order valence-corrected chi connectivity index (χ2v) is 6.40. The summed E-state index contributed by atoms with van der Waals surface area (Å²) >= 11 is 0. The van der Waals surface area contributed by atoms with Crippen molar-refractivity contribution in [3.63, 3.8) is 0 Å². The predicted molar refractivity (Wildman–Crippen MR) is 85.6 cm³/mol.